The predicted octanol–water partition coefficient (Wildman–Crippen LogP) is 2.12. The molecule has 0 saturated carbocycles. The lowest BCUT2D eigenvalue weighted by Gasteiger charge is -2.05. The molecule has 0 saturated heterocycles. The van der Waals surface area contributed by atoms with Crippen LogP contribution in [0.3, 0.4) is 0 Å². The second-order valence-corrected chi connectivity index (χ2v) is 2.69. The Labute approximate surface area is 77.2 Å². The van der Waals surface area contributed by atoms with Gasteiger partial charge in [0.2, 0.25) is 0 Å². The van der Waals surface area contributed by atoms with Crippen LogP contribution in [-0.4, -0.2) is 11.9 Å². The summed E-state index contributed by atoms with van der Waals surface area (Å²) in [5, 5.41) is 0. The minimum absolute atomic E-state index is 0.0504. The third-order valence-electron chi connectivity index (χ3n) is 1.59. The highest BCUT2D eigenvalue weighted by molar-refractivity contribution is 7.75. The van der Waals surface area contributed by atoms with Gasteiger partial charge in [0.25, 0.3) is 0 Å². The Morgan fingerprint density at radius 3 is 2.50 bits per heavy atom. The van der Waals surface area contributed by atoms with Crippen LogP contribution in [-0.2, 0) is 4.18 Å². The minimum Gasteiger partial charge on any atom is -0.307 e. The third-order valence-corrected chi connectivity index (χ3v) is 1.90. The van der Waals surface area contributed by atoms with E-state index in [1.54, 1.807) is 19.1 Å². The number of carbonyl (C=O) groups is 1. The van der Waals surface area contributed by atoms with Crippen LogP contribution in [0, 0.1) is 0 Å². The number of Topliss-reactive ketones (excluding diaryl/α,β-unsaturated/α-hetero) is 1. The molecule has 0 bridgehead atoms. The van der Waals surface area contributed by atoms with Crippen LogP contribution in [0.5, 0.6) is 0 Å². The van der Waals surface area contributed by atoms with Crippen molar-refractivity contribution in [2.75, 3.05) is 0 Å². The van der Waals surface area contributed by atoms with Crippen LogP contribution in [0.2, 0.25) is 0 Å². The molecule has 0 aliphatic carbocycles. The molecule has 0 fully saturated rings. The van der Waals surface area contributed by atoms with Gasteiger partial charge in [-0.1, -0.05) is 30.3 Å². The lowest BCUT2D eigenvalue weighted by Crippen LogP contribution is -2.16. The summed E-state index contributed by atoms with van der Waals surface area (Å²) in [4.78, 5) is 11.4. The van der Waals surface area contributed by atoms with Crippen LogP contribution in [0.25, 0.3) is 0 Å². The van der Waals surface area contributed by atoms with Crippen LogP contribution >= 0.6 is 12.9 Å². The molecule has 1 rings (SSSR count). The molecule has 12 heavy (non-hydrogen) atoms. The average molecular weight is 182 g/mol. The molecule has 3 heteroatoms. The van der Waals surface area contributed by atoms with Gasteiger partial charge in [-0.3, -0.25) is 4.79 Å². The van der Waals surface area contributed by atoms with E-state index < -0.39 is 6.10 Å². The van der Waals surface area contributed by atoms with Crippen molar-refractivity contribution in [1.29, 1.82) is 0 Å². The van der Waals surface area contributed by atoms with Gasteiger partial charge in [-0.15, -0.1) is 0 Å². The second-order valence-electron chi connectivity index (χ2n) is 2.48. The van der Waals surface area contributed by atoms with Gasteiger partial charge in [0, 0.05) is 5.56 Å². The molecule has 2 nitrogen and oxygen atoms in total. The molecule has 64 valence electrons. The summed E-state index contributed by atoms with van der Waals surface area (Å²) in [6.07, 6.45) is -0.490. The van der Waals surface area contributed by atoms with Crippen molar-refractivity contribution < 1.29 is 8.98 Å². The zero-order chi connectivity index (χ0) is 8.97. The van der Waals surface area contributed by atoms with Crippen molar-refractivity contribution in [2.24, 2.45) is 0 Å². The van der Waals surface area contributed by atoms with Crippen LogP contribution < -0.4 is 0 Å². The highest BCUT2D eigenvalue weighted by Crippen LogP contribution is 2.06. The third kappa shape index (κ3) is 2.09. The van der Waals surface area contributed by atoms with E-state index in [4.69, 9.17) is 0 Å². The van der Waals surface area contributed by atoms with Crippen molar-refractivity contribution >= 4 is 18.7 Å². The highest BCUT2D eigenvalue weighted by atomic mass is 32.1. The number of carbonyl (C=O) groups excluding carboxylic acids is 1. The number of benzene rings is 1. The summed E-state index contributed by atoms with van der Waals surface area (Å²) in [5.74, 6) is -0.0504. The van der Waals surface area contributed by atoms with Crippen molar-refractivity contribution in [3.63, 3.8) is 0 Å². The molecule has 1 aromatic carbocycles. The first-order chi connectivity index (χ1) is 5.75. The zero-order valence-corrected chi connectivity index (χ0v) is 7.62. The Morgan fingerprint density at radius 2 is 2.00 bits per heavy atom. The van der Waals surface area contributed by atoms with E-state index in [1.807, 2.05) is 18.2 Å². The fraction of sp³-hybridized carbons (Fsp3) is 0.222. The summed E-state index contributed by atoms with van der Waals surface area (Å²) >= 11 is 3.58. The van der Waals surface area contributed by atoms with E-state index in [0.717, 1.165) is 0 Å². The topological polar surface area (TPSA) is 26.3 Å². The Bertz CT molecular complexity index is 258. The van der Waals surface area contributed by atoms with Crippen LogP contribution in [0.4, 0.5) is 0 Å². The first-order valence-corrected chi connectivity index (χ1v) is 4.01. The molecule has 0 spiro atoms. The van der Waals surface area contributed by atoms with Gasteiger partial charge in [0.05, 0.1) is 0 Å². The first-order valence-electron chi connectivity index (χ1n) is 3.65. The minimum atomic E-state index is -0.490. The summed E-state index contributed by atoms with van der Waals surface area (Å²) in [5.41, 5.74) is 0.652. The summed E-state index contributed by atoms with van der Waals surface area (Å²) in [7, 11) is 0. The normalized spacial score (nSPS) is 12.5. The van der Waals surface area contributed by atoms with E-state index in [-0.39, 0.29) is 5.78 Å². The number of hydrogen-bond donors (Lipinski definition) is 1. The van der Waals surface area contributed by atoms with Crippen LogP contribution in [0.1, 0.15) is 17.3 Å². The molecular formula is C9H10O2S. The van der Waals surface area contributed by atoms with Gasteiger partial charge in [-0.05, 0) is 19.8 Å². The maximum absolute atomic E-state index is 11.4. The predicted molar refractivity (Wildman–Crippen MR) is 50.3 cm³/mol. The summed E-state index contributed by atoms with van der Waals surface area (Å²) in [6, 6.07) is 9.01. The van der Waals surface area contributed by atoms with Crippen molar-refractivity contribution in [2.45, 2.75) is 13.0 Å². The lowest BCUT2D eigenvalue weighted by molar-refractivity contribution is 0.0850. The molecule has 0 aliphatic rings. The number of hydrogen-bond acceptors (Lipinski definition) is 3. The van der Waals surface area contributed by atoms with Crippen molar-refractivity contribution in [3.8, 4) is 0 Å². The molecule has 1 aromatic rings. The SMILES string of the molecule is CC(OS)C(=O)c1ccccc1. The monoisotopic (exact) mass is 182 g/mol. The number of ketones is 1. The number of thiol groups is 1. The fourth-order valence-corrected chi connectivity index (χ4v) is 0.981. The maximum atomic E-state index is 11.4. The molecule has 1 unspecified atom stereocenters. The van der Waals surface area contributed by atoms with E-state index in [2.05, 4.69) is 17.1 Å². The van der Waals surface area contributed by atoms with Gasteiger partial charge in [-0.25, -0.2) is 0 Å². The Kier molecular flexibility index (Phi) is 3.31. The van der Waals surface area contributed by atoms with E-state index in [1.165, 1.54) is 0 Å². The van der Waals surface area contributed by atoms with E-state index in [0.29, 0.717) is 5.56 Å². The summed E-state index contributed by atoms with van der Waals surface area (Å²) < 4.78 is 4.61. The smallest absolute Gasteiger partial charge is 0.192 e. The fourth-order valence-electron chi connectivity index (χ4n) is 0.885. The van der Waals surface area contributed by atoms with Gasteiger partial charge in [0.15, 0.2) is 5.78 Å². The van der Waals surface area contributed by atoms with Crippen molar-refractivity contribution in [1.82, 2.24) is 0 Å². The van der Waals surface area contributed by atoms with Gasteiger partial charge < -0.3 is 4.18 Å². The van der Waals surface area contributed by atoms with Gasteiger partial charge >= 0.3 is 0 Å². The standard InChI is InChI=1S/C9H10O2S/c1-7(11-12)9(10)8-5-3-2-4-6-8/h2-7,12H,1H3. The summed E-state index contributed by atoms with van der Waals surface area (Å²) in [6.45, 7) is 1.67. The van der Waals surface area contributed by atoms with Crippen molar-refractivity contribution in [3.05, 3.63) is 35.9 Å². The Balaban J connectivity index is 2.79. The number of rotatable bonds is 3. The largest absolute Gasteiger partial charge is 0.307 e. The van der Waals surface area contributed by atoms with E-state index in [9.17, 15) is 4.79 Å². The molecule has 0 aromatic heterocycles. The molecule has 0 heterocycles. The molecular weight excluding hydrogens is 172 g/mol. The Morgan fingerprint density at radius 1 is 1.42 bits per heavy atom. The zero-order valence-electron chi connectivity index (χ0n) is 6.73. The lowest BCUT2D eigenvalue weighted by atomic mass is 10.1. The average Bonchev–Trinajstić information content (AvgIpc) is 2.17. The van der Waals surface area contributed by atoms with E-state index >= 15 is 0 Å². The first kappa shape index (κ1) is 9.29. The Hall–Kier alpha value is -0.800. The highest BCUT2D eigenvalue weighted by Gasteiger charge is 2.13. The van der Waals surface area contributed by atoms with Gasteiger partial charge in [0.1, 0.15) is 6.10 Å². The van der Waals surface area contributed by atoms with Gasteiger partial charge in [-0.2, -0.15) is 0 Å². The molecule has 0 radical (unpaired) electrons. The molecule has 1 atom stereocenters. The molecule has 0 aliphatic heterocycles. The van der Waals surface area contributed by atoms with Crippen LogP contribution in [0.15, 0.2) is 30.3 Å². The molecule has 0 N–H and O–H groups in total. The molecule has 0 amide bonds. The quantitative estimate of drug-likeness (QED) is 0.440. The maximum Gasteiger partial charge on any atom is 0.192 e. The second kappa shape index (κ2) is 4.28.